The van der Waals surface area contributed by atoms with E-state index in [0.717, 1.165) is 100 Å². The number of carbonyl (C=O) groups excluding carboxylic acids is 2. The Kier molecular flexibility index (Phi) is 22.4. The number of rotatable bonds is 14. The van der Waals surface area contributed by atoms with Gasteiger partial charge in [-0.3, -0.25) is 4.79 Å². The fourth-order valence-electron chi connectivity index (χ4n) is 4.64. The van der Waals surface area contributed by atoms with Crippen molar-refractivity contribution in [1.29, 1.82) is 0 Å². The molecule has 0 unspecified atom stereocenters. The number of nitrogens with one attached hydrogen (secondary N) is 5. The molecule has 0 fully saturated rings. The molecule has 0 bridgehead atoms. The molecule has 1 aliphatic heterocycles. The molecule has 10 heteroatoms. The quantitative estimate of drug-likeness (QED) is 0.149. The summed E-state index contributed by atoms with van der Waals surface area (Å²) in [5.74, 6) is -0.0122. The Labute approximate surface area is 248 Å². The van der Waals surface area contributed by atoms with Crippen LogP contribution in [-0.4, -0.2) is 93.8 Å². The third-order valence-electron chi connectivity index (χ3n) is 6.57. The van der Waals surface area contributed by atoms with Gasteiger partial charge in [0, 0.05) is 43.4 Å². The second-order valence-electron chi connectivity index (χ2n) is 9.38. The average molecular weight is 578 g/mol. The van der Waals surface area contributed by atoms with Crippen molar-refractivity contribution in [2.75, 3.05) is 67.0 Å². The van der Waals surface area contributed by atoms with E-state index in [-0.39, 0.29) is 11.9 Å². The van der Waals surface area contributed by atoms with Gasteiger partial charge in [0.15, 0.2) is 0 Å². The largest absolute Gasteiger partial charge is 0.462 e. The van der Waals surface area contributed by atoms with E-state index in [2.05, 4.69) is 38.6 Å². The lowest BCUT2D eigenvalue weighted by Crippen LogP contribution is -2.37. The fraction of sp³-hybridized carbons (Fsp3) is 0.677. The Morgan fingerprint density at radius 2 is 1.68 bits per heavy atom. The predicted octanol–water partition coefficient (Wildman–Crippen LogP) is 3.42. The van der Waals surface area contributed by atoms with E-state index in [1.165, 1.54) is 12.6 Å². The minimum absolute atomic E-state index is 0.209. The normalized spacial score (nSPS) is 12.1. The summed E-state index contributed by atoms with van der Waals surface area (Å²) in [5.41, 5.74) is 10.4. The number of nitrogens with zero attached hydrogens (tertiary/aromatic N) is 1. The highest BCUT2D eigenvalue weighted by atomic mass is 16.5. The number of likely N-dealkylation sites (N-methyl/N-ethyl adjacent to an activating group) is 1. The first-order valence-electron chi connectivity index (χ1n) is 15.4. The van der Waals surface area contributed by atoms with Crippen LogP contribution in [0, 0.1) is 6.92 Å². The first kappa shape index (κ1) is 38.3. The van der Waals surface area contributed by atoms with Crippen LogP contribution in [0.25, 0.3) is 0 Å². The van der Waals surface area contributed by atoms with Gasteiger partial charge in [0.25, 0.3) is 5.91 Å². The Hall–Kier alpha value is -2.66. The van der Waals surface area contributed by atoms with E-state index in [0.29, 0.717) is 12.2 Å². The van der Waals surface area contributed by atoms with Gasteiger partial charge in [0.05, 0.1) is 17.7 Å². The summed E-state index contributed by atoms with van der Waals surface area (Å²) in [7, 11) is 5.39. The Balaban J connectivity index is 0.000000717. The van der Waals surface area contributed by atoms with Crippen LogP contribution < -0.4 is 21.7 Å². The molecule has 0 aliphatic carbocycles. The second kappa shape index (κ2) is 24.0. The molecular weight excluding hydrogens is 518 g/mol. The lowest BCUT2D eigenvalue weighted by atomic mass is 10.0. The average Bonchev–Trinajstić information content (AvgIpc) is 3.53. The third-order valence-corrected chi connectivity index (χ3v) is 6.57. The van der Waals surface area contributed by atoms with Crippen LogP contribution in [0.3, 0.4) is 0 Å². The number of hydrogen-bond acceptors (Lipinski definition) is 7. The van der Waals surface area contributed by atoms with Crippen molar-refractivity contribution in [3.63, 3.8) is 0 Å². The van der Waals surface area contributed by atoms with Gasteiger partial charge < -0.3 is 41.3 Å². The van der Waals surface area contributed by atoms with E-state index in [1.54, 1.807) is 0 Å². The minimum Gasteiger partial charge on any atom is -0.462 e. The summed E-state index contributed by atoms with van der Waals surface area (Å²) in [6.07, 6.45) is 9.80. The van der Waals surface area contributed by atoms with E-state index in [4.69, 9.17) is 4.74 Å². The number of H-pyrrole nitrogens is 2. The molecule has 3 heterocycles. The zero-order valence-corrected chi connectivity index (χ0v) is 27.1. The Bertz CT molecular complexity index is 956. The zero-order chi connectivity index (χ0) is 31.0. The number of fused-ring (bicyclic) bond motifs is 1. The number of aromatic nitrogens is 2. The number of aromatic amines is 2. The van der Waals surface area contributed by atoms with Gasteiger partial charge in [0.1, 0.15) is 0 Å². The van der Waals surface area contributed by atoms with Crippen LogP contribution in [0.4, 0.5) is 0 Å². The van der Waals surface area contributed by atoms with Crippen LogP contribution in [0.5, 0.6) is 0 Å². The number of nitrogens with two attached hydrogens (primary N) is 1. The first-order valence-corrected chi connectivity index (χ1v) is 15.4. The molecule has 1 amide bonds. The van der Waals surface area contributed by atoms with Crippen molar-refractivity contribution in [2.45, 2.75) is 73.1 Å². The molecule has 0 saturated heterocycles. The molecule has 41 heavy (non-hydrogen) atoms. The van der Waals surface area contributed by atoms with Gasteiger partial charge in [-0.2, -0.15) is 0 Å². The number of aryl methyl sites for hydroxylation is 4. The predicted molar refractivity (Wildman–Crippen MR) is 171 cm³/mol. The zero-order valence-electron chi connectivity index (χ0n) is 27.1. The summed E-state index contributed by atoms with van der Waals surface area (Å²) in [6, 6.07) is 0. The molecule has 7 N–H and O–H groups in total. The standard InChI is InChI=1S/C16H28N4O.C12H20N2O2.C2H6.CH5N/c1-3-18-9-11-20-10-5-7-14-15(16(20)21)13(12-19-14)6-4-8-17-2;1-4-16-12(15)11-9(2)8-14-10(11)6-5-7-13-3;2*1-2/h12,17-19H,3-11H2,1-2H3;8,13-14H,4-7H2,1-3H3;1-2H3;2H2,1H3. The van der Waals surface area contributed by atoms with Gasteiger partial charge in [-0.25, -0.2) is 4.79 Å². The molecule has 0 radical (unpaired) electrons. The SMILES string of the molecule is CC.CCNCCN1CCCc2[nH]cc(CCCNC)c2C1=O.CCOC(=O)c1c(C)c[nH]c1CCCNC.CN. The molecule has 2 aromatic rings. The fourth-order valence-corrected chi connectivity index (χ4v) is 4.64. The Morgan fingerprint density at radius 3 is 2.29 bits per heavy atom. The third kappa shape index (κ3) is 13.2. The van der Waals surface area contributed by atoms with Crippen molar-refractivity contribution >= 4 is 11.9 Å². The molecule has 0 spiro atoms. The maximum absolute atomic E-state index is 12.8. The van der Waals surface area contributed by atoms with E-state index < -0.39 is 0 Å². The Morgan fingerprint density at radius 1 is 1.02 bits per heavy atom. The number of ether oxygens (including phenoxy) is 1. The van der Waals surface area contributed by atoms with Crippen molar-refractivity contribution < 1.29 is 14.3 Å². The maximum Gasteiger partial charge on any atom is 0.340 e. The van der Waals surface area contributed by atoms with Gasteiger partial charge in [-0.1, -0.05) is 20.8 Å². The maximum atomic E-state index is 12.8. The molecule has 3 rings (SSSR count). The highest BCUT2D eigenvalue weighted by molar-refractivity contribution is 5.97. The minimum atomic E-state index is -0.222. The van der Waals surface area contributed by atoms with Crippen LogP contribution in [0.15, 0.2) is 12.4 Å². The molecule has 0 aromatic carbocycles. The van der Waals surface area contributed by atoms with Crippen LogP contribution in [0.1, 0.15) is 90.2 Å². The van der Waals surface area contributed by atoms with Crippen molar-refractivity contribution in [3.05, 3.63) is 46.0 Å². The summed E-state index contributed by atoms with van der Waals surface area (Å²) >= 11 is 0. The van der Waals surface area contributed by atoms with Crippen molar-refractivity contribution in [3.8, 4) is 0 Å². The van der Waals surface area contributed by atoms with Crippen LogP contribution in [-0.2, 0) is 24.0 Å². The highest BCUT2D eigenvalue weighted by Gasteiger charge is 2.26. The number of carbonyl (C=O) groups is 2. The summed E-state index contributed by atoms with van der Waals surface area (Å²) in [6.45, 7) is 15.7. The van der Waals surface area contributed by atoms with Gasteiger partial charge >= 0.3 is 5.97 Å². The van der Waals surface area contributed by atoms with Crippen LogP contribution in [0.2, 0.25) is 0 Å². The number of amides is 1. The first-order chi connectivity index (χ1) is 20.0. The molecular formula is C31H59N7O3. The molecule has 0 saturated carbocycles. The number of hydrogen-bond donors (Lipinski definition) is 6. The van der Waals surface area contributed by atoms with Crippen molar-refractivity contribution in [1.82, 2.24) is 30.8 Å². The van der Waals surface area contributed by atoms with Crippen molar-refractivity contribution in [2.24, 2.45) is 5.73 Å². The lowest BCUT2D eigenvalue weighted by molar-refractivity contribution is 0.0524. The topological polar surface area (TPSA) is 140 Å². The summed E-state index contributed by atoms with van der Waals surface area (Å²) < 4.78 is 5.04. The molecule has 0 atom stereocenters. The summed E-state index contributed by atoms with van der Waals surface area (Å²) in [5, 5.41) is 9.55. The van der Waals surface area contributed by atoms with Gasteiger partial charge in [-0.05, 0) is 104 Å². The molecule has 1 aliphatic rings. The highest BCUT2D eigenvalue weighted by Crippen LogP contribution is 2.23. The second-order valence-corrected chi connectivity index (χ2v) is 9.38. The van der Waals surface area contributed by atoms with Gasteiger partial charge in [0.2, 0.25) is 0 Å². The molecule has 236 valence electrons. The van der Waals surface area contributed by atoms with E-state index in [1.807, 2.05) is 59.1 Å². The number of esters is 1. The monoisotopic (exact) mass is 577 g/mol. The van der Waals surface area contributed by atoms with Gasteiger partial charge in [-0.15, -0.1) is 0 Å². The molecule has 10 nitrogen and oxygen atoms in total. The van der Waals surface area contributed by atoms with E-state index in [9.17, 15) is 9.59 Å². The van der Waals surface area contributed by atoms with E-state index >= 15 is 0 Å². The smallest absolute Gasteiger partial charge is 0.340 e. The molecule has 2 aromatic heterocycles. The van der Waals surface area contributed by atoms with Crippen LogP contribution >= 0.6 is 0 Å². The summed E-state index contributed by atoms with van der Waals surface area (Å²) in [4.78, 5) is 33.0. The lowest BCUT2D eigenvalue weighted by Gasteiger charge is -2.21.